The number of amides is 1. The Kier molecular flexibility index (Phi) is 3.77. The van der Waals surface area contributed by atoms with E-state index in [1.165, 1.54) is 0 Å². The molecule has 4 nitrogen and oxygen atoms in total. The third kappa shape index (κ3) is 2.59. The number of hydrogen-bond donors (Lipinski definition) is 2. The summed E-state index contributed by atoms with van der Waals surface area (Å²) in [4.78, 5) is 23.7. The van der Waals surface area contributed by atoms with Gasteiger partial charge in [-0.05, 0) is 31.7 Å². The highest BCUT2D eigenvalue weighted by Crippen LogP contribution is 2.27. The van der Waals surface area contributed by atoms with Crippen molar-refractivity contribution in [3.8, 4) is 0 Å². The van der Waals surface area contributed by atoms with Crippen molar-refractivity contribution in [2.45, 2.75) is 31.7 Å². The van der Waals surface area contributed by atoms with E-state index in [1.54, 1.807) is 24.3 Å². The number of benzene rings is 1. The molecule has 0 saturated heterocycles. The quantitative estimate of drug-likeness (QED) is 0.792. The molecule has 0 unspecified atom stereocenters. The van der Waals surface area contributed by atoms with Gasteiger partial charge in [-0.15, -0.1) is 0 Å². The van der Waals surface area contributed by atoms with Gasteiger partial charge in [0, 0.05) is 23.1 Å². The highest BCUT2D eigenvalue weighted by molar-refractivity contribution is 6.08. The summed E-state index contributed by atoms with van der Waals surface area (Å²) >= 11 is 0. The van der Waals surface area contributed by atoms with Crippen molar-refractivity contribution < 1.29 is 9.59 Å². The van der Waals surface area contributed by atoms with Crippen LogP contribution >= 0.6 is 0 Å². The van der Waals surface area contributed by atoms with Crippen LogP contribution in [0.4, 0.5) is 0 Å². The van der Waals surface area contributed by atoms with Crippen LogP contribution in [0.3, 0.4) is 0 Å². The lowest BCUT2D eigenvalue weighted by atomic mass is 9.81. The number of carbonyl (C=O) groups is 2. The molecule has 1 aliphatic rings. The monoisotopic (exact) mass is 246 g/mol. The van der Waals surface area contributed by atoms with Gasteiger partial charge < -0.3 is 11.5 Å². The van der Waals surface area contributed by atoms with Gasteiger partial charge in [0.05, 0.1) is 0 Å². The molecule has 0 aliphatic heterocycles. The van der Waals surface area contributed by atoms with Gasteiger partial charge in [-0.1, -0.05) is 18.2 Å². The van der Waals surface area contributed by atoms with E-state index in [1.807, 2.05) is 0 Å². The molecule has 0 aromatic heterocycles. The van der Waals surface area contributed by atoms with Gasteiger partial charge in [-0.2, -0.15) is 0 Å². The molecule has 96 valence electrons. The van der Waals surface area contributed by atoms with Crippen molar-refractivity contribution in [1.82, 2.24) is 0 Å². The summed E-state index contributed by atoms with van der Waals surface area (Å²) in [5.74, 6) is -0.548. The molecule has 4 N–H and O–H groups in total. The maximum Gasteiger partial charge on any atom is 0.249 e. The van der Waals surface area contributed by atoms with E-state index < -0.39 is 5.91 Å². The molecule has 2 rings (SSSR count). The summed E-state index contributed by atoms with van der Waals surface area (Å²) in [6, 6.07) is 6.96. The van der Waals surface area contributed by atoms with Crippen LogP contribution in [0.15, 0.2) is 24.3 Å². The number of hydrogen-bond acceptors (Lipinski definition) is 3. The first-order valence-electron chi connectivity index (χ1n) is 6.28. The van der Waals surface area contributed by atoms with E-state index >= 15 is 0 Å². The molecule has 1 saturated carbocycles. The maximum atomic E-state index is 12.4. The summed E-state index contributed by atoms with van der Waals surface area (Å²) < 4.78 is 0. The molecule has 4 heteroatoms. The average Bonchev–Trinajstić information content (AvgIpc) is 2.39. The SMILES string of the molecule is NC(=O)c1ccccc1C(=O)C1CCC(N)CC1. The Labute approximate surface area is 106 Å². The first kappa shape index (κ1) is 12.8. The fraction of sp³-hybridized carbons (Fsp3) is 0.429. The molecule has 1 aliphatic carbocycles. The second kappa shape index (κ2) is 5.31. The van der Waals surface area contributed by atoms with Crippen molar-refractivity contribution in [3.05, 3.63) is 35.4 Å². The average molecular weight is 246 g/mol. The molecule has 0 spiro atoms. The summed E-state index contributed by atoms with van der Waals surface area (Å²) in [5.41, 5.74) is 11.9. The Morgan fingerprint density at radius 3 is 2.11 bits per heavy atom. The molecule has 0 radical (unpaired) electrons. The minimum atomic E-state index is -0.550. The van der Waals surface area contributed by atoms with Crippen LogP contribution in [0, 0.1) is 5.92 Å². The highest BCUT2D eigenvalue weighted by Gasteiger charge is 2.27. The smallest absolute Gasteiger partial charge is 0.249 e. The minimum absolute atomic E-state index is 0.0229. The number of primary amides is 1. The molecule has 1 amide bonds. The fourth-order valence-electron chi connectivity index (χ4n) is 2.51. The summed E-state index contributed by atoms with van der Waals surface area (Å²) in [6.45, 7) is 0. The third-order valence-corrected chi connectivity index (χ3v) is 3.60. The maximum absolute atomic E-state index is 12.4. The zero-order chi connectivity index (χ0) is 13.1. The largest absolute Gasteiger partial charge is 0.366 e. The molecule has 0 bridgehead atoms. The van der Waals surface area contributed by atoms with Gasteiger partial charge >= 0.3 is 0 Å². The lowest BCUT2D eigenvalue weighted by Crippen LogP contribution is -2.30. The Balaban J connectivity index is 2.21. The summed E-state index contributed by atoms with van der Waals surface area (Å²) in [5, 5.41) is 0. The molecule has 18 heavy (non-hydrogen) atoms. The molecule has 1 aromatic carbocycles. The Morgan fingerprint density at radius 2 is 1.56 bits per heavy atom. The Morgan fingerprint density at radius 1 is 1.00 bits per heavy atom. The van der Waals surface area contributed by atoms with Crippen LogP contribution < -0.4 is 11.5 Å². The first-order chi connectivity index (χ1) is 8.59. The van der Waals surface area contributed by atoms with Crippen molar-refractivity contribution in [3.63, 3.8) is 0 Å². The van der Waals surface area contributed by atoms with Gasteiger partial charge in [-0.25, -0.2) is 0 Å². The van der Waals surface area contributed by atoms with Crippen LogP contribution in [0.2, 0.25) is 0 Å². The van der Waals surface area contributed by atoms with Crippen molar-refractivity contribution in [2.24, 2.45) is 17.4 Å². The molecule has 0 atom stereocenters. The Hall–Kier alpha value is -1.68. The summed E-state index contributed by atoms with van der Waals surface area (Å²) in [6.07, 6.45) is 3.34. The zero-order valence-corrected chi connectivity index (χ0v) is 10.3. The van der Waals surface area contributed by atoms with E-state index in [-0.39, 0.29) is 17.7 Å². The summed E-state index contributed by atoms with van der Waals surface area (Å²) in [7, 11) is 0. The second-order valence-electron chi connectivity index (χ2n) is 4.89. The molecule has 1 aromatic rings. The fourth-order valence-corrected chi connectivity index (χ4v) is 2.51. The zero-order valence-electron chi connectivity index (χ0n) is 10.3. The predicted molar refractivity (Wildman–Crippen MR) is 69.2 cm³/mol. The van der Waals surface area contributed by atoms with Crippen molar-refractivity contribution in [1.29, 1.82) is 0 Å². The van der Waals surface area contributed by atoms with Crippen molar-refractivity contribution in [2.75, 3.05) is 0 Å². The third-order valence-electron chi connectivity index (χ3n) is 3.60. The minimum Gasteiger partial charge on any atom is -0.366 e. The van der Waals surface area contributed by atoms with Gasteiger partial charge in [0.1, 0.15) is 0 Å². The molecular weight excluding hydrogens is 228 g/mol. The van der Waals surface area contributed by atoms with Gasteiger partial charge in [-0.3, -0.25) is 9.59 Å². The number of rotatable bonds is 3. The normalized spacial score (nSPS) is 23.6. The van der Waals surface area contributed by atoms with Gasteiger partial charge in [0.15, 0.2) is 5.78 Å². The van der Waals surface area contributed by atoms with Crippen LogP contribution in [0.5, 0.6) is 0 Å². The van der Waals surface area contributed by atoms with Crippen LogP contribution in [0.1, 0.15) is 46.4 Å². The number of nitrogens with two attached hydrogens (primary N) is 2. The van der Waals surface area contributed by atoms with E-state index in [2.05, 4.69) is 0 Å². The lowest BCUT2D eigenvalue weighted by molar-refractivity contribution is 0.0875. The van der Waals surface area contributed by atoms with Crippen LogP contribution in [-0.4, -0.2) is 17.7 Å². The molecule has 1 fully saturated rings. The Bertz CT molecular complexity index is 463. The van der Waals surface area contributed by atoms with E-state index in [0.717, 1.165) is 25.7 Å². The second-order valence-corrected chi connectivity index (χ2v) is 4.89. The van der Waals surface area contributed by atoms with E-state index in [9.17, 15) is 9.59 Å². The van der Waals surface area contributed by atoms with Crippen molar-refractivity contribution >= 4 is 11.7 Å². The number of Topliss-reactive ketones (excluding diaryl/α,β-unsaturated/α-hetero) is 1. The predicted octanol–water partition coefficient (Wildman–Crippen LogP) is 1.49. The van der Waals surface area contributed by atoms with Crippen LogP contribution in [0.25, 0.3) is 0 Å². The van der Waals surface area contributed by atoms with Gasteiger partial charge in [0.25, 0.3) is 0 Å². The standard InChI is InChI=1S/C14H18N2O2/c15-10-7-5-9(6-8-10)13(17)11-3-1-2-4-12(11)14(16)18/h1-4,9-10H,5-8,15H2,(H2,16,18). The van der Waals surface area contributed by atoms with Gasteiger partial charge in [0.2, 0.25) is 5.91 Å². The molecule has 0 heterocycles. The first-order valence-corrected chi connectivity index (χ1v) is 6.28. The number of carbonyl (C=O) groups excluding carboxylic acids is 2. The number of ketones is 1. The van der Waals surface area contributed by atoms with E-state index in [4.69, 9.17) is 11.5 Å². The lowest BCUT2D eigenvalue weighted by Gasteiger charge is -2.25. The topological polar surface area (TPSA) is 86.2 Å². The molecular formula is C14H18N2O2. The van der Waals surface area contributed by atoms with Crippen LogP contribution in [-0.2, 0) is 0 Å². The highest BCUT2D eigenvalue weighted by atomic mass is 16.1. The van der Waals surface area contributed by atoms with E-state index in [0.29, 0.717) is 11.1 Å².